The highest BCUT2D eigenvalue weighted by molar-refractivity contribution is 5.35. The Morgan fingerprint density at radius 2 is 2.05 bits per heavy atom. The first kappa shape index (κ1) is 16.3. The van der Waals surface area contributed by atoms with Crippen molar-refractivity contribution in [2.75, 3.05) is 13.2 Å². The third-order valence-corrected chi connectivity index (χ3v) is 4.12. The Labute approximate surface area is 127 Å². The van der Waals surface area contributed by atoms with Crippen molar-refractivity contribution in [3.63, 3.8) is 0 Å². The van der Waals surface area contributed by atoms with Crippen LogP contribution < -0.4 is 10.1 Å². The maximum Gasteiger partial charge on any atom is 0.122 e. The molecule has 118 valence electrons. The van der Waals surface area contributed by atoms with E-state index in [2.05, 4.69) is 5.32 Å². The molecule has 1 aliphatic rings. The van der Waals surface area contributed by atoms with Crippen molar-refractivity contribution in [3.05, 3.63) is 29.3 Å². The van der Waals surface area contributed by atoms with Gasteiger partial charge in [0.2, 0.25) is 0 Å². The van der Waals surface area contributed by atoms with Crippen molar-refractivity contribution in [1.82, 2.24) is 5.32 Å². The standard InChI is InChI=1S/C17H27NO3/c1-12-7-8-13(2)17(9-12)21-11-14(19)10-18-15-5-3-4-6-16(15)20/h7-9,14-16,18-20H,3-6,10-11H2,1-2H3. The number of aliphatic hydroxyl groups excluding tert-OH is 2. The van der Waals surface area contributed by atoms with Crippen LogP contribution in [0.5, 0.6) is 5.75 Å². The molecule has 2 rings (SSSR count). The van der Waals surface area contributed by atoms with Crippen LogP contribution in [-0.4, -0.2) is 41.6 Å². The van der Waals surface area contributed by atoms with Crippen LogP contribution >= 0.6 is 0 Å². The molecule has 0 amide bonds. The lowest BCUT2D eigenvalue weighted by Gasteiger charge is -2.29. The van der Waals surface area contributed by atoms with Crippen molar-refractivity contribution in [3.8, 4) is 5.75 Å². The summed E-state index contributed by atoms with van der Waals surface area (Å²) in [6, 6.07) is 6.16. The first-order valence-electron chi connectivity index (χ1n) is 7.86. The van der Waals surface area contributed by atoms with Crippen LogP contribution in [0.3, 0.4) is 0 Å². The van der Waals surface area contributed by atoms with Gasteiger partial charge in [0.05, 0.1) is 6.10 Å². The molecule has 1 aromatic carbocycles. The maximum atomic E-state index is 10.0. The lowest BCUT2D eigenvalue weighted by atomic mass is 9.92. The summed E-state index contributed by atoms with van der Waals surface area (Å²) in [5.41, 5.74) is 2.22. The van der Waals surface area contributed by atoms with E-state index in [0.717, 1.165) is 42.6 Å². The predicted molar refractivity (Wildman–Crippen MR) is 83.7 cm³/mol. The molecule has 3 N–H and O–H groups in total. The summed E-state index contributed by atoms with van der Waals surface area (Å²) in [6.07, 6.45) is 3.21. The highest BCUT2D eigenvalue weighted by Crippen LogP contribution is 2.20. The monoisotopic (exact) mass is 293 g/mol. The normalized spacial score (nSPS) is 23.8. The van der Waals surface area contributed by atoms with Crippen LogP contribution in [0.2, 0.25) is 0 Å². The minimum atomic E-state index is -0.570. The van der Waals surface area contributed by atoms with E-state index in [-0.39, 0.29) is 18.8 Å². The van der Waals surface area contributed by atoms with Crippen LogP contribution in [0, 0.1) is 13.8 Å². The van der Waals surface area contributed by atoms with Gasteiger partial charge in [-0.2, -0.15) is 0 Å². The van der Waals surface area contributed by atoms with E-state index >= 15 is 0 Å². The number of ether oxygens (including phenoxy) is 1. The van der Waals surface area contributed by atoms with Gasteiger partial charge >= 0.3 is 0 Å². The smallest absolute Gasteiger partial charge is 0.122 e. The molecular weight excluding hydrogens is 266 g/mol. The molecule has 4 heteroatoms. The van der Waals surface area contributed by atoms with Gasteiger partial charge in [0.1, 0.15) is 18.5 Å². The topological polar surface area (TPSA) is 61.7 Å². The quantitative estimate of drug-likeness (QED) is 0.750. The largest absolute Gasteiger partial charge is 0.491 e. The average molecular weight is 293 g/mol. The molecule has 0 saturated heterocycles. The number of hydrogen-bond acceptors (Lipinski definition) is 4. The Morgan fingerprint density at radius 3 is 2.81 bits per heavy atom. The minimum absolute atomic E-state index is 0.106. The molecular formula is C17H27NO3. The predicted octanol–water partition coefficient (Wildman–Crippen LogP) is 1.94. The van der Waals surface area contributed by atoms with Gasteiger partial charge in [0, 0.05) is 12.6 Å². The summed E-state index contributed by atoms with van der Waals surface area (Å²) in [5, 5.41) is 23.2. The Balaban J connectivity index is 1.74. The zero-order chi connectivity index (χ0) is 15.2. The van der Waals surface area contributed by atoms with Gasteiger partial charge in [-0.15, -0.1) is 0 Å². The minimum Gasteiger partial charge on any atom is -0.491 e. The zero-order valence-electron chi connectivity index (χ0n) is 13.0. The molecule has 3 unspecified atom stereocenters. The lowest BCUT2D eigenvalue weighted by Crippen LogP contribution is -2.45. The number of aryl methyl sites for hydroxylation is 2. The number of benzene rings is 1. The van der Waals surface area contributed by atoms with Crippen molar-refractivity contribution >= 4 is 0 Å². The van der Waals surface area contributed by atoms with E-state index in [1.165, 1.54) is 0 Å². The molecule has 1 aliphatic carbocycles. The fourth-order valence-electron chi connectivity index (χ4n) is 2.74. The SMILES string of the molecule is Cc1ccc(C)c(OCC(O)CNC2CCCCC2O)c1. The molecule has 1 fully saturated rings. The van der Waals surface area contributed by atoms with Crippen LogP contribution in [0.25, 0.3) is 0 Å². The van der Waals surface area contributed by atoms with Gasteiger partial charge in [-0.25, -0.2) is 0 Å². The average Bonchev–Trinajstić information content (AvgIpc) is 2.47. The van der Waals surface area contributed by atoms with Crippen LogP contribution in [0.15, 0.2) is 18.2 Å². The third-order valence-electron chi connectivity index (χ3n) is 4.12. The van der Waals surface area contributed by atoms with E-state index < -0.39 is 6.10 Å². The van der Waals surface area contributed by atoms with E-state index in [0.29, 0.717) is 6.54 Å². The number of aliphatic hydroxyl groups is 2. The van der Waals surface area contributed by atoms with Gasteiger partial charge in [0.15, 0.2) is 0 Å². The molecule has 1 saturated carbocycles. The van der Waals surface area contributed by atoms with E-state index in [1.807, 2.05) is 32.0 Å². The number of nitrogens with one attached hydrogen (secondary N) is 1. The molecule has 4 nitrogen and oxygen atoms in total. The van der Waals surface area contributed by atoms with Crippen LogP contribution in [-0.2, 0) is 0 Å². The first-order chi connectivity index (χ1) is 10.1. The van der Waals surface area contributed by atoms with Gasteiger partial charge in [-0.3, -0.25) is 0 Å². The van der Waals surface area contributed by atoms with Crippen LogP contribution in [0.4, 0.5) is 0 Å². The number of rotatable bonds is 6. The Morgan fingerprint density at radius 1 is 1.29 bits per heavy atom. The Hall–Kier alpha value is -1.10. The maximum absolute atomic E-state index is 10.0. The van der Waals surface area contributed by atoms with E-state index in [9.17, 15) is 10.2 Å². The fraction of sp³-hybridized carbons (Fsp3) is 0.647. The highest BCUT2D eigenvalue weighted by atomic mass is 16.5. The van der Waals surface area contributed by atoms with Gasteiger partial charge < -0.3 is 20.3 Å². The third kappa shape index (κ3) is 4.99. The second-order valence-corrected chi connectivity index (χ2v) is 6.10. The number of hydrogen-bond donors (Lipinski definition) is 3. The van der Waals surface area contributed by atoms with Gasteiger partial charge in [0.25, 0.3) is 0 Å². The molecule has 0 aliphatic heterocycles. The second kappa shape index (κ2) is 7.78. The second-order valence-electron chi connectivity index (χ2n) is 6.10. The van der Waals surface area contributed by atoms with Crippen molar-refractivity contribution in [2.24, 2.45) is 0 Å². The summed E-state index contributed by atoms with van der Waals surface area (Å²) in [4.78, 5) is 0. The molecule has 21 heavy (non-hydrogen) atoms. The highest BCUT2D eigenvalue weighted by Gasteiger charge is 2.23. The lowest BCUT2D eigenvalue weighted by molar-refractivity contribution is 0.0671. The molecule has 3 atom stereocenters. The van der Waals surface area contributed by atoms with Gasteiger partial charge in [-0.05, 0) is 43.9 Å². The molecule has 0 radical (unpaired) electrons. The summed E-state index contributed by atoms with van der Waals surface area (Å²) >= 11 is 0. The molecule has 0 aromatic heterocycles. The molecule has 0 spiro atoms. The van der Waals surface area contributed by atoms with E-state index in [4.69, 9.17) is 4.74 Å². The molecule has 0 bridgehead atoms. The fourth-order valence-corrected chi connectivity index (χ4v) is 2.74. The van der Waals surface area contributed by atoms with Gasteiger partial charge in [-0.1, -0.05) is 25.0 Å². The van der Waals surface area contributed by atoms with Crippen molar-refractivity contribution < 1.29 is 14.9 Å². The summed E-state index contributed by atoms with van der Waals surface area (Å²) in [7, 11) is 0. The Kier molecular flexibility index (Phi) is 6.03. The summed E-state index contributed by atoms with van der Waals surface area (Å²) in [5.74, 6) is 0.826. The van der Waals surface area contributed by atoms with Crippen LogP contribution in [0.1, 0.15) is 36.8 Å². The summed E-state index contributed by atoms with van der Waals surface area (Å²) in [6.45, 7) is 4.74. The zero-order valence-corrected chi connectivity index (χ0v) is 13.0. The van der Waals surface area contributed by atoms with Crippen molar-refractivity contribution in [2.45, 2.75) is 57.8 Å². The first-order valence-corrected chi connectivity index (χ1v) is 7.86. The van der Waals surface area contributed by atoms with E-state index in [1.54, 1.807) is 0 Å². The molecule has 1 aromatic rings. The summed E-state index contributed by atoms with van der Waals surface area (Å²) < 4.78 is 5.69. The molecule has 0 heterocycles. The van der Waals surface area contributed by atoms with Crippen molar-refractivity contribution in [1.29, 1.82) is 0 Å². The Bertz CT molecular complexity index is 450.